The highest BCUT2D eigenvalue weighted by Gasteiger charge is 2.72. The van der Waals surface area contributed by atoms with Crippen molar-refractivity contribution in [3.8, 4) is 11.5 Å². The van der Waals surface area contributed by atoms with Crippen LogP contribution in [0, 0.1) is 0 Å². The maximum Gasteiger partial charge on any atom is 0.211 e. The first kappa shape index (κ1) is 6.05. The average molecular weight is 328 g/mol. The van der Waals surface area contributed by atoms with E-state index in [2.05, 4.69) is 0 Å². The monoisotopic (exact) mass is 328 g/mol. The van der Waals surface area contributed by atoms with Crippen LogP contribution in [0.25, 0.3) is 0 Å². The van der Waals surface area contributed by atoms with Crippen LogP contribution in [-0.2, 0) is 16.6 Å². The van der Waals surface area contributed by atoms with Gasteiger partial charge in [-0.15, -0.1) is 0 Å². The van der Waals surface area contributed by atoms with Crippen LogP contribution < -0.4 is 9.47 Å². The fraction of sp³-hybridized carbons (Fsp3) is 0.611. The highest BCUT2D eigenvalue weighted by atomic mass is 16.5. The van der Waals surface area contributed by atoms with Gasteiger partial charge in [0.15, 0.2) is 23.4 Å². The third-order valence-electron chi connectivity index (χ3n) is 5.52. The molecule has 1 aromatic rings. The minimum absolute atomic E-state index is 0.213. The fourth-order valence-electron chi connectivity index (χ4n) is 4.53. The van der Waals surface area contributed by atoms with Gasteiger partial charge in [-0.05, 0) is 44.3 Å². The number of aliphatic hydroxyl groups is 1. The Morgan fingerprint density at radius 2 is 2.57 bits per heavy atom. The summed E-state index contributed by atoms with van der Waals surface area (Å²) in [6.45, 7) is -3.25. The Hall–Kier alpha value is -1.59. The van der Waals surface area contributed by atoms with E-state index >= 15 is 0 Å². The molecule has 1 unspecified atom stereocenters. The van der Waals surface area contributed by atoms with Crippen LogP contribution in [0.4, 0.5) is 0 Å². The first-order valence-electron chi connectivity index (χ1n) is 13.7. The number of nitrogens with zero attached hydrogens (tertiary/aromatic N) is 1. The van der Waals surface area contributed by atoms with E-state index in [1.54, 1.807) is 0 Å². The first-order chi connectivity index (χ1) is 16.3. The van der Waals surface area contributed by atoms with Crippen LogP contribution in [0.15, 0.2) is 12.1 Å². The third kappa shape index (κ3) is 1.32. The zero-order valence-corrected chi connectivity index (χ0v) is 11.9. The minimum Gasteiger partial charge on any atom is -0.493 e. The number of methoxy groups -OCH3 is 1. The predicted molar refractivity (Wildman–Crippen MR) is 83.0 cm³/mol. The molecule has 122 valence electrons. The highest BCUT2D eigenvalue weighted by Crippen LogP contribution is 2.64. The summed E-state index contributed by atoms with van der Waals surface area (Å²) in [6, 6.07) is -3.53. The Labute approximate surface area is 153 Å². The number of Topliss-reactive ketones (excluding diaryl/α,β-unsaturated/α-hetero) is 1. The van der Waals surface area contributed by atoms with Gasteiger partial charge in [-0.25, -0.2) is 0 Å². The Morgan fingerprint density at radius 1 is 1.61 bits per heavy atom. The van der Waals surface area contributed by atoms with Crippen LogP contribution in [0.5, 0.6) is 11.5 Å². The van der Waals surface area contributed by atoms with Crippen molar-refractivity contribution in [2.24, 2.45) is 0 Å². The molecule has 1 saturated heterocycles. The Kier molecular flexibility index (Phi) is 1.07. The Balaban J connectivity index is 1.96. The molecule has 5 nitrogen and oxygen atoms in total. The molecular weight excluding hydrogens is 294 g/mol. The molecule has 2 fully saturated rings. The van der Waals surface area contributed by atoms with Crippen LogP contribution in [0.3, 0.4) is 0 Å². The van der Waals surface area contributed by atoms with E-state index in [1.165, 1.54) is 0 Å². The average Bonchev–Trinajstić information content (AvgIpc) is 3.04. The number of carbonyl (C=O) groups excluding carboxylic acids is 1. The lowest BCUT2D eigenvalue weighted by Gasteiger charge is -2.62. The van der Waals surface area contributed by atoms with Crippen LogP contribution >= 0.6 is 0 Å². The smallest absolute Gasteiger partial charge is 0.211 e. The number of hydrogen-bond donors (Lipinski definition) is 1. The van der Waals surface area contributed by atoms with Crippen molar-refractivity contribution in [3.63, 3.8) is 0 Å². The number of ketones is 1. The summed E-state index contributed by atoms with van der Waals surface area (Å²) in [5, 5.41) is 5.14. The van der Waals surface area contributed by atoms with Crippen LogP contribution in [0.2, 0.25) is 0 Å². The van der Waals surface area contributed by atoms with Crippen LogP contribution in [0.1, 0.15) is 46.8 Å². The summed E-state index contributed by atoms with van der Waals surface area (Å²) in [7, 11) is -3.12. The Bertz CT molecular complexity index is 1180. The number of piperidine rings is 1. The van der Waals surface area contributed by atoms with Crippen molar-refractivity contribution in [1.29, 1.82) is 1.43 Å². The van der Waals surface area contributed by atoms with Gasteiger partial charge in [-0.1, -0.05) is 6.04 Å². The predicted octanol–water partition coefficient (Wildman–Crippen LogP) is 1.05. The van der Waals surface area contributed by atoms with Crippen molar-refractivity contribution < 1.29 is 35.8 Å². The van der Waals surface area contributed by atoms with Gasteiger partial charge in [0, 0.05) is 27.6 Å². The second-order valence-electron chi connectivity index (χ2n) is 6.33. The maximum atomic E-state index is 13.4. The molecule has 1 spiro atoms. The van der Waals surface area contributed by atoms with Crippen molar-refractivity contribution >= 4 is 5.78 Å². The summed E-state index contributed by atoms with van der Waals surface area (Å²) in [4.78, 5) is 14.1. The minimum atomic E-state index is -3.12. The lowest BCUT2D eigenvalue weighted by molar-refractivity contribution is -0.185. The summed E-state index contributed by atoms with van der Waals surface area (Å²) in [6.07, 6.45) is -8.49. The zero-order chi connectivity index (χ0) is 27.0. The summed E-state index contributed by atoms with van der Waals surface area (Å²) in [5.41, 5.74) is -4.84. The summed E-state index contributed by atoms with van der Waals surface area (Å²) < 4.78 is 117. The topological polar surface area (TPSA) is 59.0 Å². The SMILES string of the molecule is [2H]O[C@@]12CC([2H])([2H])C(=O)C3Oc4c(OC([2H])([2H])[2H])c([2H])c([2H])c5c4[C@@]31CCN(C([2H])([2H])[2H])[C@@H]2C5([2H])[2H]. The molecule has 5 rings (SSSR count). The molecule has 1 saturated carbocycles. The van der Waals surface area contributed by atoms with Gasteiger partial charge in [-0.2, -0.15) is 0 Å². The van der Waals surface area contributed by atoms with E-state index in [9.17, 15) is 4.79 Å². The van der Waals surface area contributed by atoms with Crippen molar-refractivity contribution in [2.75, 3.05) is 20.6 Å². The second-order valence-corrected chi connectivity index (χ2v) is 6.33. The van der Waals surface area contributed by atoms with Crippen molar-refractivity contribution in [2.45, 2.75) is 48.7 Å². The lowest BCUT2D eigenvalue weighted by atomic mass is 9.49. The molecule has 5 heteroatoms. The van der Waals surface area contributed by atoms with Gasteiger partial charge in [0.1, 0.15) is 0 Å². The normalized spacial score (nSPS) is 54.3. The summed E-state index contributed by atoms with van der Waals surface area (Å²) in [5.74, 6) is -2.34. The van der Waals surface area contributed by atoms with E-state index in [0.717, 1.165) is 4.90 Å². The van der Waals surface area contributed by atoms with E-state index in [-0.39, 0.29) is 18.5 Å². The number of likely N-dealkylation sites (tertiary alicyclic amines) is 1. The molecule has 0 aromatic heterocycles. The number of hydrogen-bond acceptors (Lipinski definition) is 5. The molecule has 2 bridgehead atoms. The van der Waals surface area contributed by atoms with Crippen molar-refractivity contribution in [3.05, 3.63) is 23.2 Å². The molecule has 1 aromatic carbocycles. The van der Waals surface area contributed by atoms with Gasteiger partial charge < -0.3 is 19.5 Å². The quantitative estimate of drug-likeness (QED) is 0.879. The standard InChI is InChI=1S/C18H21NO4/c1-19-8-7-17-14-10-3-4-12(22-2)15(14)23-16(17)11(20)5-6-18(17,21)13(19)9-10/h3-4,13,16,21H,5-9H2,1-2H3/t13-,16?,17+,18-/m1/s1/i1D3,2D3,3D,4D,5D2,9D2,21D. The lowest BCUT2D eigenvalue weighted by Crippen LogP contribution is -2.76. The van der Waals surface area contributed by atoms with Gasteiger partial charge in [0.25, 0.3) is 0 Å². The molecule has 2 heterocycles. The number of benzene rings is 1. The van der Waals surface area contributed by atoms with Gasteiger partial charge in [0.2, 0.25) is 1.43 Å². The van der Waals surface area contributed by atoms with Gasteiger partial charge in [-0.3, -0.25) is 4.79 Å². The molecule has 2 aliphatic heterocycles. The number of carbonyl (C=O) groups is 1. The fourth-order valence-corrected chi connectivity index (χ4v) is 4.53. The first-order valence-corrected chi connectivity index (χ1v) is 7.27. The Morgan fingerprint density at radius 3 is 3.39 bits per heavy atom. The number of likely N-dealkylation sites (N-methyl/N-ethyl adjacent to an activating group) is 1. The molecular formula is C18H21NO4. The number of ether oxygens (including phenoxy) is 2. The molecule has 4 atom stereocenters. The molecule has 23 heavy (non-hydrogen) atoms. The molecule has 1 N–H and O–H groups in total. The third-order valence-corrected chi connectivity index (χ3v) is 5.52. The second kappa shape index (κ2) is 4.08. The highest BCUT2D eigenvalue weighted by molar-refractivity contribution is 5.90. The molecule has 2 aliphatic carbocycles. The van der Waals surface area contributed by atoms with Gasteiger partial charge in [0.05, 0.1) is 24.9 Å². The maximum absolute atomic E-state index is 13.4. The van der Waals surface area contributed by atoms with E-state index in [1.807, 2.05) is 0 Å². The largest absolute Gasteiger partial charge is 0.493 e. The van der Waals surface area contributed by atoms with E-state index in [0.29, 0.717) is 0 Å². The number of rotatable bonds is 2. The van der Waals surface area contributed by atoms with Crippen molar-refractivity contribution in [1.82, 2.24) is 4.90 Å². The summed E-state index contributed by atoms with van der Waals surface area (Å²) >= 11 is 0. The van der Waals surface area contributed by atoms with E-state index < -0.39 is 91.3 Å². The molecule has 0 amide bonds. The zero-order valence-electron chi connectivity index (χ0n) is 24.9. The van der Waals surface area contributed by atoms with Gasteiger partial charge >= 0.3 is 0 Å². The molecule has 0 radical (unpaired) electrons. The molecule has 4 aliphatic rings. The van der Waals surface area contributed by atoms with E-state index in [4.69, 9.17) is 32.5 Å². The van der Waals surface area contributed by atoms with Crippen LogP contribution in [-0.4, -0.2) is 55.5 Å².